The fourth-order valence-corrected chi connectivity index (χ4v) is 4.82. The summed E-state index contributed by atoms with van der Waals surface area (Å²) in [7, 11) is 2.19. The minimum atomic E-state index is -1.82. The van der Waals surface area contributed by atoms with E-state index in [2.05, 4.69) is 78.0 Å². The molecule has 184 valence electrons. The van der Waals surface area contributed by atoms with Crippen LogP contribution in [0.2, 0.25) is 0 Å². The minimum Gasteiger partial charge on any atom is -0.473 e. The third-order valence-corrected chi connectivity index (χ3v) is 6.57. The number of piperidine rings is 1. The maximum Gasteiger partial charge on any atom is 0.414 e. The molecule has 0 amide bonds. The van der Waals surface area contributed by atoms with Crippen LogP contribution in [0.1, 0.15) is 41.6 Å². The maximum atomic E-state index is 9.10. The maximum absolute atomic E-state index is 9.10. The summed E-state index contributed by atoms with van der Waals surface area (Å²) in [6.07, 6.45) is 3.36. The molecule has 8 heteroatoms. The number of aliphatic carboxylic acids is 2. The van der Waals surface area contributed by atoms with E-state index in [0.29, 0.717) is 0 Å². The zero-order valence-electron chi connectivity index (χ0n) is 20.1. The van der Waals surface area contributed by atoms with E-state index in [1.807, 2.05) is 0 Å². The van der Waals surface area contributed by atoms with Gasteiger partial charge in [0.25, 0.3) is 0 Å². The Morgan fingerprint density at radius 3 is 2.23 bits per heavy atom. The van der Waals surface area contributed by atoms with Crippen LogP contribution in [0.25, 0.3) is 11.3 Å². The first kappa shape index (κ1) is 24.6. The van der Waals surface area contributed by atoms with Crippen molar-refractivity contribution in [1.29, 1.82) is 0 Å². The van der Waals surface area contributed by atoms with Gasteiger partial charge in [-0.1, -0.05) is 54.6 Å². The van der Waals surface area contributed by atoms with Gasteiger partial charge in [-0.3, -0.25) is 0 Å². The number of likely N-dealkylation sites (tertiary alicyclic amines) is 1. The lowest BCUT2D eigenvalue weighted by atomic mass is 10.00. The van der Waals surface area contributed by atoms with Crippen molar-refractivity contribution in [2.24, 2.45) is 0 Å². The molecule has 3 heterocycles. The molecule has 2 aliphatic heterocycles. The molecule has 1 fully saturated rings. The van der Waals surface area contributed by atoms with Gasteiger partial charge < -0.3 is 24.4 Å². The van der Waals surface area contributed by atoms with E-state index in [1.165, 1.54) is 22.4 Å². The molecule has 2 N–H and O–H groups in total. The van der Waals surface area contributed by atoms with Gasteiger partial charge in [-0.25, -0.2) is 14.6 Å². The van der Waals surface area contributed by atoms with Crippen LogP contribution in [0.5, 0.6) is 0 Å². The molecule has 0 bridgehead atoms. The number of aryl methyl sites for hydroxylation is 2. The monoisotopic (exact) mass is 477 g/mol. The van der Waals surface area contributed by atoms with Crippen molar-refractivity contribution in [3.8, 4) is 11.3 Å². The molecule has 3 aromatic rings. The smallest absolute Gasteiger partial charge is 0.414 e. The zero-order chi connectivity index (χ0) is 24.9. The normalized spacial score (nSPS) is 17.9. The van der Waals surface area contributed by atoms with Gasteiger partial charge in [0.1, 0.15) is 11.9 Å². The first-order chi connectivity index (χ1) is 16.8. The molecule has 5 rings (SSSR count). The summed E-state index contributed by atoms with van der Waals surface area (Å²) in [5.74, 6) is -2.59. The summed E-state index contributed by atoms with van der Waals surface area (Å²) in [5, 5.41) is 14.8. The number of hydrogen-bond acceptors (Lipinski definition) is 5. The van der Waals surface area contributed by atoms with Gasteiger partial charge >= 0.3 is 11.9 Å². The molecule has 1 saturated heterocycles. The Morgan fingerprint density at radius 1 is 0.943 bits per heavy atom. The summed E-state index contributed by atoms with van der Waals surface area (Å²) in [5.41, 5.74) is 6.21. The van der Waals surface area contributed by atoms with E-state index in [9.17, 15) is 0 Å². The van der Waals surface area contributed by atoms with Crippen molar-refractivity contribution in [2.45, 2.75) is 44.9 Å². The van der Waals surface area contributed by atoms with Gasteiger partial charge in [-0.2, -0.15) is 0 Å². The predicted molar refractivity (Wildman–Crippen MR) is 131 cm³/mol. The summed E-state index contributed by atoms with van der Waals surface area (Å²) in [6.45, 7) is 5.26. The van der Waals surface area contributed by atoms with Crippen molar-refractivity contribution < 1.29 is 24.5 Å². The van der Waals surface area contributed by atoms with Crippen molar-refractivity contribution in [3.05, 3.63) is 77.2 Å². The van der Waals surface area contributed by atoms with Gasteiger partial charge in [0, 0.05) is 25.2 Å². The van der Waals surface area contributed by atoms with Crippen molar-refractivity contribution >= 4 is 11.9 Å². The van der Waals surface area contributed by atoms with Crippen LogP contribution in [-0.4, -0.2) is 62.8 Å². The zero-order valence-corrected chi connectivity index (χ0v) is 20.1. The number of hydrogen-bond donors (Lipinski definition) is 2. The molecule has 1 unspecified atom stereocenters. The quantitative estimate of drug-likeness (QED) is 0.553. The van der Waals surface area contributed by atoms with Crippen molar-refractivity contribution in [3.63, 3.8) is 0 Å². The number of aromatic nitrogens is 2. The molecule has 1 atom stereocenters. The first-order valence-corrected chi connectivity index (χ1v) is 11.9. The Labute approximate surface area is 204 Å². The van der Waals surface area contributed by atoms with Crippen LogP contribution in [-0.2, 0) is 27.3 Å². The molecule has 0 spiro atoms. The number of benzene rings is 2. The van der Waals surface area contributed by atoms with Crippen molar-refractivity contribution in [2.75, 3.05) is 20.1 Å². The second kappa shape index (κ2) is 10.8. The van der Waals surface area contributed by atoms with Gasteiger partial charge in [-0.05, 0) is 44.4 Å². The highest BCUT2D eigenvalue weighted by Gasteiger charge is 2.32. The Balaban J connectivity index is 0.000000431. The lowest BCUT2D eigenvalue weighted by molar-refractivity contribution is -0.159. The second-order valence-corrected chi connectivity index (χ2v) is 9.00. The number of fused-ring (bicyclic) bond motifs is 2. The molecule has 2 aliphatic rings. The van der Waals surface area contributed by atoms with E-state index in [0.717, 1.165) is 50.4 Å². The third-order valence-electron chi connectivity index (χ3n) is 6.57. The fraction of sp³-hybridized carbons (Fsp3) is 0.370. The standard InChI is InChI=1S/C25H29N3O.C2H2O4/c1-18-23(20-9-4-3-5-10-20)28-17-12-19-8-6-7-11-22(19)24(25(28)26-18)29-21-13-15-27(2)16-14-21;3-1(4)2(5)6/h3-11,21,24H,12-17H2,1-2H3;(H,3,4)(H,5,6). The third kappa shape index (κ3) is 5.61. The Bertz CT molecular complexity index is 1170. The number of nitrogens with zero attached hydrogens (tertiary/aromatic N) is 3. The molecule has 8 nitrogen and oxygen atoms in total. The number of carboxylic acids is 2. The van der Waals surface area contributed by atoms with Crippen LogP contribution >= 0.6 is 0 Å². The van der Waals surface area contributed by atoms with Crippen LogP contribution in [0.15, 0.2) is 54.6 Å². The summed E-state index contributed by atoms with van der Waals surface area (Å²) in [6, 6.07) is 19.4. The molecule has 35 heavy (non-hydrogen) atoms. The molecular weight excluding hydrogens is 446 g/mol. The highest BCUT2D eigenvalue weighted by molar-refractivity contribution is 6.27. The largest absolute Gasteiger partial charge is 0.473 e. The Hall–Kier alpha value is -3.49. The molecule has 1 aromatic heterocycles. The van der Waals surface area contributed by atoms with Crippen LogP contribution in [0.3, 0.4) is 0 Å². The lowest BCUT2D eigenvalue weighted by Crippen LogP contribution is -2.35. The van der Waals surface area contributed by atoms with Gasteiger partial charge in [0.2, 0.25) is 0 Å². The van der Waals surface area contributed by atoms with Crippen LogP contribution < -0.4 is 0 Å². The fourth-order valence-electron chi connectivity index (χ4n) is 4.82. The SMILES string of the molecule is Cc1nc2n(c1-c1ccccc1)CCc1ccccc1C2OC1CCN(C)CC1.O=C(O)C(=O)O. The molecule has 2 aromatic carbocycles. The van der Waals surface area contributed by atoms with Crippen LogP contribution in [0, 0.1) is 6.92 Å². The van der Waals surface area contributed by atoms with Gasteiger partial charge in [-0.15, -0.1) is 0 Å². The average Bonchev–Trinajstić information content (AvgIpc) is 3.11. The number of carbonyl (C=O) groups is 2. The molecular formula is C27H31N3O5. The second-order valence-electron chi connectivity index (χ2n) is 9.00. The average molecular weight is 478 g/mol. The predicted octanol–water partition coefficient (Wildman–Crippen LogP) is 3.77. The number of imidazole rings is 1. The lowest BCUT2D eigenvalue weighted by Gasteiger charge is -2.32. The van der Waals surface area contributed by atoms with E-state index >= 15 is 0 Å². The summed E-state index contributed by atoms with van der Waals surface area (Å²) < 4.78 is 9.21. The number of carboxylic acid groups (broad SMARTS) is 2. The first-order valence-electron chi connectivity index (χ1n) is 11.9. The van der Waals surface area contributed by atoms with E-state index in [-0.39, 0.29) is 12.2 Å². The number of rotatable bonds is 3. The topological polar surface area (TPSA) is 105 Å². The van der Waals surface area contributed by atoms with E-state index in [1.54, 1.807) is 0 Å². The molecule has 0 aliphatic carbocycles. The Kier molecular flexibility index (Phi) is 7.63. The molecule has 0 radical (unpaired) electrons. The minimum absolute atomic E-state index is 0.0988. The Morgan fingerprint density at radius 2 is 1.57 bits per heavy atom. The van der Waals surface area contributed by atoms with Crippen molar-refractivity contribution in [1.82, 2.24) is 14.5 Å². The van der Waals surface area contributed by atoms with Crippen LogP contribution in [0.4, 0.5) is 0 Å². The van der Waals surface area contributed by atoms with E-state index in [4.69, 9.17) is 29.5 Å². The summed E-state index contributed by atoms with van der Waals surface area (Å²) >= 11 is 0. The van der Waals surface area contributed by atoms with Gasteiger partial charge in [0.05, 0.1) is 17.5 Å². The van der Waals surface area contributed by atoms with E-state index < -0.39 is 11.9 Å². The highest BCUT2D eigenvalue weighted by atomic mass is 16.5. The van der Waals surface area contributed by atoms with Gasteiger partial charge in [0.15, 0.2) is 0 Å². The summed E-state index contributed by atoms with van der Waals surface area (Å²) in [4.78, 5) is 25.7. The number of ether oxygens (including phenoxy) is 1. The molecule has 0 saturated carbocycles. The highest BCUT2D eigenvalue weighted by Crippen LogP contribution is 2.37.